The predicted molar refractivity (Wildman–Crippen MR) is 257 cm³/mol. The third-order valence-corrected chi connectivity index (χ3v) is 15.3. The number of carbonyl (C=O) groups is 3. The fraction of sp³-hybridized carbons (Fsp3) is 0.667. The minimum absolute atomic E-state index is 0.0257. The molecule has 1 amide bonds. The molecular formula is C51H70N6O17. The number of aryl methyl sites for hydroxylation is 1. The number of hydrogen-bond acceptors (Lipinski definition) is 19. The molecule has 74 heavy (non-hydrogen) atoms. The van der Waals surface area contributed by atoms with Crippen LogP contribution in [-0.4, -0.2) is 172 Å². The highest BCUT2D eigenvalue weighted by molar-refractivity contribution is 5.89. The Balaban J connectivity index is 0.980. The Morgan fingerprint density at radius 2 is 1.72 bits per heavy atom. The molecule has 1 aromatic carbocycles. The Bertz CT molecular complexity index is 2350. The van der Waals surface area contributed by atoms with Crippen molar-refractivity contribution in [1.29, 1.82) is 0 Å². The molecule has 0 spiro atoms. The topological polar surface area (TPSA) is 317 Å². The second kappa shape index (κ2) is 24.2. The van der Waals surface area contributed by atoms with Crippen LogP contribution in [0.5, 0.6) is 0 Å². The number of esters is 1. The molecule has 4 heterocycles. The molecular weight excluding hydrogens is 969 g/mol. The van der Waals surface area contributed by atoms with E-state index in [1.165, 1.54) is 25.1 Å². The van der Waals surface area contributed by atoms with Gasteiger partial charge in [-0.3, -0.25) is 14.9 Å². The lowest BCUT2D eigenvalue weighted by Gasteiger charge is -2.48. The molecule has 8 rings (SSSR count). The van der Waals surface area contributed by atoms with Gasteiger partial charge in [-0.15, -0.1) is 5.10 Å². The lowest BCUT2D eigenvalue weighted by molar-refractivity contribution is -0.420. The average Bonchev–Trinajstić information content (AvgIpc) is 3.98. The van der Waals surface area contributed by atoms with E-state index < -0.39 is 120 Å². The quantitative estimate of drug-likeness (QED) is 0.0431. The number of nitrogens with one attached hydrogen (secondary N) is 1. The zero-order valence-corrected chi connectivity index (χ0v) is 41.8. The first-order valence-corrected chi connectivity index (χ1v) is 25.7. The van der Waals surface area contributed by atoms with E-state index in [0.29, 0.717) is 25.2 Å². The number of allylic oxidation sites excluding steroid dienone is 1. The second-order valence-corrected chi connectivity index (χ2v) is 20.8. The lowest BCUT2D eigenvalue weighted by Crippen LogP contribution is -2.64. The molecule has 2 aromatic rings. The molecule has 23 heteroatoms. The first-order chi connectivity index (χ1) is 35.4. The van der Waals surface area contributed by atoms with Gasteiger partial charge in [0.05, 0.1) is 53.3 Å². The number of fused-ring (bicyclic) bond motifs is 1. The van der Waals surface area contributed by atoms with Crippen molar-refractivity contribution in [2.24, 2.45) is 23.2 Å². The molecule has 0 radical (unpaired) electrons. The molecule has 7 N–H and O–H groups in total. The SMILES string of the molecule is CC1CC(C(=O)NCCCc2cn(CN3C=CC4(C)C=C([N+](=O)[O-])C=CC34)nn2)C[C@@H](O[C@@H]2OC(CO)[C@H](O)C(O[C@@H](CC3CCCCC3)C(=O)O)C2OC(=O)c2ccccc2)C1O[C@@H]1OC(C)[C@@H](O)C(O)C1O. The van der Waals surface area contributed by atoms with Crippen molar-refractivity contribution in [3.63, 3.8) is 0 Å². The highest BCUT2D eigenvalue weighted by Crippen LogP contribution is 2.41. The van der Waals surface area contributed by atoms with Gasteiger partial charge in [0.2, 0.25) is 5.91 Å². The number of aromatic nitrogens is 3. The Kier molecular flexibility index (Phi) is 18.0. The summed E-state index contributed by atoms with van der Waals surface area (Å²) in [4.78, 5) is 53.8. The van der Waals surface area contributed by atoms with E-state index in [1.807, 2.05) is 30.2 Å². The molecule has 3 aliphatic heterocycles. The summed E-state index contributed by atoms with van der Waals surface area (Å²) in [7, 11) is 0. The van der Waals surface area contributed by atoms with Crippen LogP contribution in [0.2, 0.25) is 0 Å². The molecule has 3 aliphatic carbocycles. The molecule has 23 nitrogen and oxygen atoms in total. The molecule has 2 saturated carbocycles. The Morgan fingerprint density at radius 1 is 0.959 bits per heavy atom. The summed E-state index contributed by atoms with van der Waals surface area (Å²) in [6, 6.07) is 7.80. The number of nitro groups is 1. The number of carbonyl (C=O) groups excluding carboxylic acids is 2. The van der Waals surface area contributed by atoms with Crippen molar-refractivity contribution < 1.29 is 78.4 Å². The molecule has 6 aliphatic rings. The van der Waals surface area contributed by atoms with Crippen molar-refractivity contribution in [3.8, 4) is 0 Å². The molecule has 17 atom stereocenters. The van der Waals surface area contributed by atoms with Crippen LogP contribution in [0.3, 0.4) is 0 Å². The van der Waals surface area contributed by atoms with Gasteiger partial charge in [0.25, 0.3) is 5.70 Å². The fourth-order valence-corrected chi connectivity index (χ4v) is 11.2. The van der Waals surface area contributed by atoms with Gasteiger partial charge < -0.3 is 69.3 Å². The number of carboxylic acids is 1. The summed E-state index contributed by atoms with van der Waals surface area (Å²) in [6.07, 6.45) is -2.47. The van der Waals surface area contributed by atoms with Gasteiger partial charge in [0, 0.05) is 30.0 Å². The summed E-state index contributed by atoms with van der Waals surface area (Å²) < 4.78 is 39.1. The molecule has 11 unspecified atom stereocenters. The van der Waals surface area contributed by atoms with Crippen LogP contribution >= 0.6 is 0 Å². The number of amides is 1. The summed E-state index contributed by atoms with van der Waals surface area (Å²) in [5.41, 5.74) is 0.293. The third-order valence-electron chi connectivity index (χ3n) is 15.3. The highest BCUT2D eigenvalue weighted by Gasteiger charge is 2.54. The predicted octanol–water partition coefficient (Wildman–Crippen LogP) is 1.98. The fourth-order valence-electron chi connectivity index (χ4n) is 11.2. The maximum atomic E-state index is 14.1. The van der Waals surface area contributed by atoms with Gasteiger partial charge >= 0.3 is 11.9 Å². The van der Waals surface area contributed by atoms with Crippen molar-refractivity contribution >= 4 is 17.8 Å². The van der Waals surface area contributed by atoms with Crippen LogP contribution in [0.1, 0.15) is 94.6 Å². The van der Waals surface area contributed by atoms with Crippen LogP contribution in [0.25, 0.3) is 0 Å². The van der Waals surface area contributed by atoms with Gasteiger partial charge in [-0.05, 0) is 76.1 Å². The van der Waals surface area contributed by atoms with Crippen LogP contribution in [0, 0.1) is 33.3 Å². The number of aliphatic hydroxyl groups is 5. The van der Waals surface area contributed by atoms with E-state index in [0.717, 1.165) is 32.1 Å². The highest BCUT2D eigenvalue weighted by atomic mass is 16.7. The maximum Gasteiger partial charge on any atom is 0.338 e. The van der Waals surface area contributed by atoms with E-state index in [1.54, 1.807) is 42.1 Å². The van der Waals surface area contributed by atoms with Gasteiger partial charge in [0.15, 0.2) is 24.8 Å². The molecule has 1 aromatic heterocycles. The second-order valence-electron chi connectivity index (χ2n) is 20.8. The Labute approximate surface area is 428 Å². The monoisotopic (exact) mass is 1040 g/mol. The van der Waals surface area contributed by atoms with Crippen molar-refractivity contribution in [2.75, 3.05) is 13.2 Å². The van der Waals surface area contributed by atoms with Crippen molar-refractivity contribution in [2.45, 2.75) is 177 Å². The summed E-state index contributed by atoms with van der Waals surface area (Å²) in [5.74, 6) is -3.70. The van der Waals surface area contributed by atoms with Crippen LogP contribution in [-0.2, 0) is 51.1 Å². The first-order valence-electron chi connectivity index (χ1n) is 25.7. The number of ether oxygens (including phenoxy) is 6. The third kappa shape index (κ3) is 12.7. The number of hydrogen-bond donors (Lipinski definition) is 7. The van der Waals surface area contributed by atoms with E-state index in [2.05, 4.69) is 15.6 Å². The number of aliphatic carboxylic acids is 1. The molecule has 4 fully saturated rings. The smallest absolute Gasteiger partial charge is 0.338 e. The zero-order valence-electron chi connectivity index (χ0n) is 41.8. The van der Waals surface area contributed by atoms with Crippen LogP contribution in [0.15, 0.2) is 72.7 Å². The van der Waals surface area contributed by atoms with Crippen LogP contribution in [0.4, 0.5) is 0 Å². The van der Waals surface area contributed by atoms with Crippen molar-refractivity contribution in [3.05, 3.63) is 94.1 Å². The van der Waals surface area contributed by atoms with Crippen molar-refractivity contribution in [1.82, 2.24) is 25.2 Å². The van der Waals surface area contributed by atoms with E-state index in [4.69, 9.17) is 28.4 Å². The largest absolute Gasteiger partial charge is 0.479 e. The summed E-state index contributed by atoms with van der Waals surface area (Å²) in [6.45, 7) is 5.07. The average molecular weight is 1040 g/mol. The van der Waals surface area contributed by atoms with E-state index in [-0.39, 0.29) is 54.9 Å². The maximum absolute atomic E-state index is 14.1. The van der Waals surface area contributed by atoms with Crippen LogP contribution < -0.4 is 5.32 Å². The Morgan fingerprint density at radius 3 is 2.43 bits per heavy atom. The summed E-state index contributed by atoms with van der Waals surface area (Å²) >= 11 is 0. The standard InChI is InChI=1S/C51H70N6O17/c1-28-21-32(46(63)52-19-10-15-33-25-56(54-53-33)27-55-20-18-51(3)24-34(57(67)68)16-17-38(51)55)23-35(43(28)74-49-42(62)41(61)39(59)29(2)69-49)71-50-45(73-48(66)31-13-8-5-9-14-31)44(40(60)37(26-58)72-50)70-36(47(64)65)22-30-11-6-4-7-12-30/h5,8-9,13-14,16-18,20,24-25,28-30,32,35-45,49-50,58-62H,4,6-7,10-12,15,19,21-23,26-27H2,1-3H3,(H,52,63)(H,64,65)/t28?,29?,32?,35-,36+,37?,38?,39-,40+,41?,42?,43?,44?,45?,49+,50-,51?/m1/s1. The Hall–Kier alpha value is -5.21. The zero-order chi connectivity index (χ0) is 52.8. The molecule has 406 valence electrons. The van der Waals surface area contributed by atoms with Gasteiger partial charge in [0.1, 0.15) is 43.3 Å². The van der Waals surface area contributed by atoms with Gasteiger partial charge in [-0.1, -0.05) is 74.6 Å². The van der Waals surface area contributed by atoms with E-state index in [9.17, 15) is 55.1 Å². The van der Waals surface area contributed by atoms with E-state index >= 15 is 0 Å². The number of carboxylic acid groups (broad SMARTS) is 1. The number of nitrogens with zero attached hydrogens (tertiary/aromatic N) is 5. The van der Waals surface area contributed by atoms with Gasteiger partial charge in [-0.25, -0.2) is 14.3 Å². The summed E-state index contributed by atoms with van der Waals surface area (Å²) in [5, 5.41) is 88.0. The number of aliphatic hydroxyl groups excluding tert-OH is 5. The number of rotatable bonds is 20. The molecule has 2 saturated heterocycles. The first kappa shape index (κ1) is 55.0. The molecule has 0 bridgehead atoms. The minimum atomic E-state index is -1.71. The van der Waals surface area contributed by atoms with Gasteiger partial charge in [-0.2, -0.15) is 0 Å². The minimum Gasteiger partial charge on any atom is -0.479 e. The lowest BCUT2D eigenvalue weighted by atomic mass is 9.77. The number of benzene rings is 1. The normalized spacial score (nSPS) is 35.6.